The van der Waals surface area contributed by atoms with E-state index in [4.69, 9.17) is 27.6 Å². The molecule has 0 fully saturated rings. The van der Waals surface area contributed by atoms with Crippen LogP contribution in [0.25, 0.3) is 34.3 Å². The lowest BCUT2D eigenvalue weighted by Gasteiger charge is -2.00. The minimum atomic E-state index is 0.473. The molecule has 3 nitrogen and oxygen atoms in total. The topological polar surface area (TPSA) is 37.1 Å². The van der Waals surface area contributed by atoms with Crippen molar-refractivity contribution in [2.24, 2.45) is 0 Å². The molecule has 0 saturated heterocycles. The van der Waals surface area contributed by atoms with Crippen molar-refractivity contribution >= 4 is 23.2 Å². The van der Waals surface area contributed by atoms with Crippen molar-refractivity contribution in [2.75, 3.05) is 0 Å². The van der Waals surface area contributed by atoms with E-state index in [2.05, 4.69) is 9.97 Å². The van der Waals surface area contributed by atoms with Crippen molar-refractivity contribution in [1.29, 1.82) is 0 Å². The van der Waals surface area contributed by atoms with E-state index in [0.29, 0.717) is 27.7 Å². The van der Waals surface area contributed by atoms with Gasteiger partial charge in [0.25, 0.3) is 0 Å². The van der Waals surface area contributed by atoms with Crippen LogP contribution in [-0.2, 0) is 0 Å². The second-order valence-electron chi connectivity index (χ2n) is 5.64. The van der Waals surface area contributed by atoms with Crippen LogP contribution in [0.15, 0.2) is 83.3 Å². The van der Waals surface area contributed by atoms with Gasteiger partial charge in [-0.1, -0.05) is 41.4 Å². The first kappa shape index (κ1) is 16.7. The maximum absolute atomic E-state index is 6.00. The third-order valence-electron chi connectivity index (χ3n) is 3.82. The molecule has 0 bridgehead atoms. The summed E-state index contributed by atoms with van der Waals surface area (Å²) in [5, 5.41) is 1.32. The zero-order valence-corrected chi connectivity index (χ0v) is 15.1. The van der Waals surface area contributed by atoms with Crippen LogP contribution in [0.5, 0.6) is 0 Å². The lowest BCUT2D eigenvalue weighted by Crippen LogP contribution is -1.95. The predicted octanol–water partition coefficient (Wildman–Crippen LogP) is 6.66. The molecule has 0 saturated carbocycles. The second-order valence-corrected chi connectivity index (χ2v) is 6.51. The first-order valence-corrected chi connectivity index (χ1v) is 8.74. The fraction of sp³-hybridized carbons (Fsp3) is 0. The molecule has 0 spiro atoms. The van der Waals surface area contributed by atoms with Crippen molar-refractivity contribution in [2.45, 2.75) is 0 Å². The smallest absolute Gasteiger partial charge is 0.166 e. The zero-order chi connectivity index (χ0) is 17.9. The molecule has 0 aliphatic carbocycles. The van der Waals surface area contributed by atoms with Crippen molar-refractivity contribution < 1.29 is 4.42 Å². The molecule has 4 aromatic rings. The highest BCUT2D eigenvalue weighted by Crippen LogP contribution is 2.28. The predicted molar refractivity (Wildman–Crippen MR) is 105 cm³/mol. The van der Waals surface area contributed by atoms with Crippen molar-refractivity contribution in [3.8, 4) is 34.3 Å². The van der Waals surface area contributed by atoms with Crippen molar-refractivity contribution in [3.63, 3.8) is 0 Å². The summed E-state index contributed by atoms with van der Waals surface area (Å²) in [7, 11) is 0. The molecule has 3 aromatic carbocycles. The summed E-state index contributed by atoms with van der Waals surface area (Å²) in [4.78, 5) is 9.19. The summed E-state index contributed by atoms with van der Waals surface area (Å²) in [6, 6.07) is 24.5. The lowest BCUT2D eigenvalue weighted by atomic mass is 10.2. The molecule has 4 rings (SSSR count). The maximum Gasteiger partial charge on any atom is 0.464 e. The molecule has 1 aromatic heterocycles. The number of nitrogens with zero attached hydrogens (tertiary/aromatic N) is 2. The van der Waals surface area contributed by atoms with Gasteiger partial charge in [0, 0.05) is 15.6 Å². The van der Waals surface area contributed by atoms with Crippen LogP contribution in [-0.4, -0.2) is 9.97 Å². The SMILES string of the molecule is Clc1ccc(-c2nc(-c3ccccc3)[o+]c(-c3ccc(Cl)cc3)n2)cc1. The second kappa shape index (κ2) is 7.24. The van der Waals surface area contributed by atoms with Crippen LogP contribution in [0.2, 0.25) is 10.0 Å². The number of rotatable bonds is 3. The Hall–Kier alpha value is -2.75. The number of hydrogen-bond acceptors (Lipinski definition) is 2. The third kappa shape index (κ3) is 3.59. The van der Waals surface area contributed by atoms with E-state index >= 15 is 0 Å². The van der Waals surface area contributed by atoms with E-state index in [1.54, 1.807) is 12.1 Å². The summed E-state index contributed by atoms with van der Waals surface area (Å²) >= 11 is 12.0. The van der Waals surface area contributed by atoms with Gasteiger partial charge in [0.05, 0.1) is 0 Å². The molecule has 0 radical (unpaired) electrons. The van der Waals surface area contributed by atoms with E-state index < -0.39 is 0 Å². The van der Waals surface area contributed by atoms with Crippen molar-refractivity contribution in [1.82, 2.24) is 9.97 Å². The number of halogens is 2. The van der Waals surface area contributed by atoms with E-state index in [1.807, 2.05) is 66.7 Å². The summed E-state index contributed by atoms with van der Waals surface area (Å²) < 4.78 is 5.98. The van der Waals surface area contributed by atoms with Gasteiger partial charge < -0.3 is 0 Å². The van der Waals surface area contributed by atoms with E-state index in [-0.39, 0.29) is 0 Å². The Balaban J connectivity index is 1.89. The molecule has 1 heterocycles. The van der Waals surface area contributed by atoms with Gasteiger partial charge in [0.1, 0.15) is 11.1 Å². The molecule has 0 N–H and O–H groups in total. The fourth-order valence-corrected chi connectivity index (χ4v) is 2.75. The zero-order valence-electron chi connectivity index (χ0n) is 13.6. The van der Waals surface area contributed by atoms with Gasteiger partial charge in [0.15, 0.2) is 5.82 Å². The quantitative estimate of drug-likeness (QED) is 0.373. The van der Waals surface area contributed by atoms with Crippen LogP contribution in [0.3, 0.4) is 0 Å². The first-order valence-electron chi connectivity index (χ1n) is 7.98. The summed E-state index contributed by atoms with van der Waals surface area (Å²) in [6.07, 6.45) is 0. The van der Waals surface area contributed by atoms with Crippen LogP contribution in [0.1, 0.15) is 0 Å². The molecule has 0 atom stereocenters. The van der Waals surface area contributed by atoms with E-state index in [1.165, 1.54) is 0 Å². The number of aromatic nitrogens is 2. The lowest BCUT2D eigenvalue weighted by molar-refractivity contribution is 0.540. The van der Waals surface area contributed by atoms with Crippen molar-refractivity contribution in [3.05, 3.63) is 88.9 Å². The molecule has 26 heavy (non-hydrogen) atoms. The third-order valence-corrected chi connectivity index (χ3v) is 4.33. The van der Waals surface area contributed by atoms with Gasteiger partial charge in [-0.2, -0.15) is 4.42 Å². The molecule has 0 aliphatic rings. The van der Waals surface area contributed by atoms with Crippen LogP contribution >= 0.6 is 23.2 Å². The Bertz CT molecular complexity index is 970. The minimum absolute atomic E-state index is 0.473. The molecular weight excluding hydrogens is 367 g/mol. The Labute approximate surface area is 160 Å². The normalized spacial score (nSPS) is 10.7. The van der Waals surface area contributed by atoms with E-state index in [0.717, 1.165) is 16.7 Å². The number of benzene rings is 3. The summed E-state index contributed by atoms with van der Waals surface area (Å²) in [6.45, 7) is 0. The molecule has 0 unspecified atom stereocenters. The standard InChI is InChI=1S/C21H13Cl2N2O/c22-17-10-6-14(7-11-17)19-24-20(15-4-2-1-3-5-15)26-21(25-19)16-8-12-18(23)13-9-16/h1-13H/q+1. The van der Waals surface area contributed by atoms with Gasteiger partial charge in [-0.05, 0) is 60.7 Å². The molecular formula is C21H13Cl2N2O+. The monoisotopic (exact) mass is 379 g/mol. The van der Waals surface area contributed by atoms with Gasteiger partial charge in [-0.15, -0.1) is 9.97 Å². The molecule has 126 valence electrons. The highest BCUT2D eigenvalue weighted by molar-refractivity contribution is 6.30. The van der Waals surface area contributed by atoms with Gasteiger partial charge in [0.2, 0.25) is 0 Å². The Morgan fingerprint density at radius 2 is 1.00 bits per heavy atom. The Morgan fingerprint density at radius 1 is 0.538 bits per heavy atom. The van der Waals surface area contributed by atoms with Crippen LogP contribution < -0.4 is 0 Å². The minimum Gasteiger partial charge on any atom is -0.166 e. The maximum atomic E-state index is 6.00. The van der Waals surface area contributed by atoms with Gasteiger partial charge in [-0.25, -0.2) is 0 Å². The largest absolute Gasteiger partial charge is 0.464 e. The highest BCUT2D eigenvalue weighted by atomic mass is 35.5. The van der Waals surface area contributed by atoms with Crippen LogP contribution in [0, 0.1) is 0 Å². The molecule has 0 amide bonds. The highest BCUT2D eigenvalue weighted by Gasteiger charge is 2.23. The number of hydrogen-bond donors (Lipinski definition) is 0. The van der Waals surface area contributed by atoms with Gasteiger partial charge >= 0.3 is 11.8 Å². The molecule has 5 heteroatoms. The average Bonchev–Trinajstić information content (AvgIpc) is 2.69. The Morgan fingerprint density at radius 3 is 1.54 bits per heavy atom. The van der Waals surface area contributed by atoms with Gasteiger partial charge in [-0.3, -0.25) is 0 Å². The average molecular weight is 380 g/mol. The van der Waals surface area contributed by atoms with E-state index in [9.17, 15) is 0 Å². The van der Waals surface area contributed by atoms with Crippen LogP contribution in [0.4, 0.5) is 0 Å². The summed E-state index contributed by atoms with van der Waals surface area (Å²) in [5.74, 6) is 1.53. The fourth-order valence-electron chi connectivity index (χ4n) is 2.50. The molecule has 0 aliphatic heterocycles. The first-order chi connectivity index (χ1) is 12.7. The Kier molecular flexibility index (Phi) is 4.65. The summed E-state index contributed by atoms with van der Waals surface area (Å²) in [5.41, 5.74) is 2.56.